The number of hydrogen-bond donors (Lipinski definition) is 2. The van der Waals surface area contributed by atoms with Crippen molar-refractivity contribution in [2.75, 3.05) is 23.8 Å². The largest absolute Gasteiger partial charge is 0.454 e. The number of carbonyl (C=O) groups excluding carboxylic acids is 6. The number of nitrogens with zero attached hydrogens (tertiary/aromatic N) is 1. The summed E-state index contributed by atoms with van der Waals surface area (Å²) in [4.78, 5) is 78.7. The number of esters is 2. The van der Waals surface area contributed by atoms with E-state index in [2.05, 4.69) is 10.6 Å². The molecule has 0 bridgehead atoms. The minimum atomic E-state index is -1.43. The number of ether oxygens (including phenoxy) is 2. The summed E-state index contributed by atoms with van der Waals surface area (Å²) in [6.45, 7) is -1.30. The lowest BCUT2D eigenvalue weighted by atomic mass is 10.0. The molecule has 4 amide bonds. The zero-order valence-corrected chi connectivity index (χ0v) is 25.9. The van der Waals surface area contributed by atoms with Crippen molar-refractivity contribution in [2.24, 2.45) is 0 Å². The minimum absolute atomic E-state index is 0.0432. The summed E-state index contributed by atoms with van der Waals surface area (Å²) in [5, 5.41) is 6.08. The smallest absolute Gasteiger partial charge is 0.338 e. The summed E-state index contributed by atoms with van der Waals surface area (Å²) in [6, 6.07) is 23.5. The van der Waals surface area contributed by atoms with Crippen molar-refractivity contribution in [3.63, 3.8) is 0 Å². The number of nitrogens with one attached hydrogen (secondary N) is 2. The lowest BCUT2D eigenvalue weighted by Crippen LogP contribution is -2.47. The number of amides is 4. The van der Waals surface area contributed by atoms with Crippen molar-refractivity contribution in [3.8, 4) is 0 Å². The van der Waals surface area contributed by atoms with Gasteiger partial charge in [-0.2, -0.15) is 0 Å². The molecule has 1 aliphatic rings. The fraction of sp³-hybridized carbons (Fsp3) is 0.118. The minimum Gasteiger partial charge on any atom is -0.454 e. The Morgan fingerprint density at radius 3 is 1.77 bits per heavy atom. The highest BCUT2D eigenvalue weighted by atomic mass is 35.5. The molecule has 13 heteroatoms. The Bertz CT molecular complexity index is 1850. The highest BCUT2D eigenvalue weighted by Crippen LogP contribution is 2.28. The van der Waals surface area contributed by atoms with Crippen molar-refractivity contribution >= 4 is 70.1 Å². The van der Waals surface area contributed by atoms with E-state index in [9.17, 15) is 28.8 Å². The predicted molar refractivity (Wildman–Crippen MR) is 172 cm³/mol. The van der Waals surface area contributed by atoms with Crippen LogP contribution in [0.4, 0.5) is 11.4 Å². The van der Waals surface area contributed by atoms with Crippen molar-refractivity contribution in [3.05, 3.63) is 129 Å². The average molecular weight is 674 g/mol. The third kappa shape index (κ3) is 8.20. The maximum Gasteiger partial charge on any atom is 0.338 e. The van der Waals surface area contributed by atoms with Crippen LogP contribution < -0.4 is 10.6 Å². The van der Waals surface area contributed by atoms with Gasteiger partial charge in [0.2, 0.25) is 0 Å². The number of fused-ring (bicyclic) bond motifs is 1. The molecule has 0 saturated carbocycles. The molecule has 4 aromatic carbocycles. The van der Waals surface area contributed by atoms with E-state index in [4.69, 9.17) is 32.7 Å². The lowest BCUT2D eigenvalue weighted by molar-refractivity contribution is -0.151. The quantitative estimate of drug-likeness (QED) is 0.164. The van der Waals surface area contributed by atoms with Gasteiger partial charge >= 0.3 is 11.9 Å². The zero-order valence-electron chi connectivity index (χ0n) is 24.4. The van der Waals surface area contributed by atoms with Crippen LogP contribution in [-0.2, 0) is 30.3 Å². The van der Waals surface area contributed by atoms with Gasteiger partial charge in [0.05, 0.1) is 16.7 Å². The van der Waals surface area contributed by atoms with Crippen LogP contribution in [0, 0.1) is 0 Å². The number of imide groups is 1. The molecule has 0 aliphatic carbocycles. The number of halogens is 2. The summed E-state index contributed by atoms with van der Waals surface area (Å²) < 4.78 is 10.4. The second kappa shape index (κ2) is 14.7. The first kappa shape index (κ1) is 32.9. The molecule has 0 saturated heterocycles. The van der Waals surface area contributed by atoms with Gasteiger partial charge in [-0.3, -0.25) is 24.1 Å². The number of hydrogen-bond acceptors (Lipinski definition) is 8. The van der Waals surface area contributed by atoms with Gasteiger partial charge in [0.25, 0.3) is 23.6 Å². The van der Waals surface area contributed by atoms with E-state index < -0.39 is 54.8 Å². The average Bonchev–Trinajstić information content (AvgIpc) is 3.32. The second-order valence-corrected chi connectivity index (χ2v) is 11.1. The Morgan fingerprint density at radius 1 is 0.660 bits per heavy atom. The van der Waals surface area contributed by atoms with E-state index in [1.807, 2.05) is 0 Å². The molecule has 0 radical (unpaired) electrons. The molecular weight excluding hydrogens is 649 g/mol. The fourth-order valence-electron chi connectivity index (χ4n) is 4.69. The third-order valence-electron chi connectivity index (χ3n) is 6.95. The van der Waals surface area contributed by atoms with Crippen LogP contribution in [0.15, 0.2) is 97.1 Å². The first-order chi connectivity index (χ1) is 22.6. The van der Waals surface area contributed by atoms with E-state index >= 15 is 0 Å². The Morgan fingerprint density at radius 2 is 1.19 bits per heavy atom. The summed E-state index contributed by atoms with van der Waals surface area (Å²) in [5.41, 5.74) is 1.22. The Balaban J connectivity index is 1.27. The number of rotatable bonds is 11. The van der Waals surface area contributed by atoms with Gasteiger partial charge in [0.15, 0.2) is 13.2 Å². The molecular formula is C34H25Cl2N3O8. The van der Waals surface area contributed by atoms with Gasteiger partial charge in [-0.25, -0.2) is 9.59 Å². The van der Waals surface area contributed by atoms with Crippen LogP contribution in [0.3, 0.4) is 0 Å². The van der Waals surface area contributed by atoms with Crippen LogP contribution in [0.2, 0.25) is 10.0 Å². The number of anilines is 2. The third-order valence-corrected chi connectivity index (χ3v) is 7.45. The summed E-state index contributed by atoms with van der Waals surface area (Å²) >= 11 is 11.7. The fourth-order valence-corrected chi connectivity index (χ4v) is 4.95. The van der Waals surface area contributed by atoms with Gasteiger partial charge < -0.3 is 20.1 Å². The zero-order chi connectivity index (χ0) is 33.5. The SMILES string of the molecule is O=C(COC(=O)c1ccc2c(c1)C(=O)N(C(Cc1ccccc1)C(=O)OCC(=O)Nc1ccc(Cl)cc1)C2=O)Nc1ccc(Cl)cc1. The number of carbonyl (C=O) groups is 6. The highest BCUT2D eigenvalue weighted by Gasteiger charge is 2.44. The van der Waals surface area contributed by atoms with Crippen molar-refractivity contribution in [1.29, 1.82) is 0 Å². The van der Waals surface area contributed by atoms with Crippen LogP contribution in [0.5, 0.6) is 0 Å². The monoisotopic (exact) mass is 673 g/mol. The summed E-state index contributed by atoms with van der Waals surface area (Å²) in [5.74, 6) is -4.78. The predicted octanol–water partition coefficient (Wildman–Crippen LogP) is 5.18. The molecule has 5 rings (SSSR count). The second-order valence-electron chi connectivity index (χ2n) is 10.2. The van der Waals surface area contributed by atoms with Gasteiger partial charge in [0, 0.05) is 27.8 Å². The molecule has 4 aromatic rings. The van der Waals surface area contributed by atoms with Crippen molar-refractivity contribution in [1.82, 2.24) is 4.90 Å². The topological polar surface area (TPSA) is 148 Å². The van der Waals surface area contributed by atoms with E-state index in [1.54, 1.807) is 78.9 Å². The molecule has 1 heterocycles. The molecule has 0 spiro atoms. The normalized spacial score (nSPS) is 12.6. The number of benzene rings is 4. The van der Waals surface area contributed by atoms with Crippen LogP contribution >= 0.6 is 23.2 Å². The van der Waals surface area contributed by atoms with E-state index in [0.29, 0.717) is 27.0 Å². The lowest BCUT2D eigenvalue weighted by Gasteiger charge is -2.24. The maximum absolute atomic E-state index is 13.6. The van der Waals surface area contributed by atoms with Gasteiger partial charge in [-0.05, 0) is 72.3 Å². The Kier molecular flexibility index (Phi) is 10.3. The van der Waals surface area contributed by atoms with Crippen molar-refractivity contribution in [2.45, 2.75) is 12.5 Å². The molecule has 0 aromatic heterocycles. The first-order valence-electron chi connectivity index (χ1n) is 14.1. The standard InChI is InChI=1S/C34H25Cl2N3O8/c35-22-7-11-24(12-8-22)37-29(40)18-46-33(44)21-6-15-26-27(17-21)32(43)39(31(26)42)28(16-20-4-2-1-3-5-20)34(45)47-19-30(41)38-25-13-9-23(36)10-14-25/h1-15,17,28H,16,18-19H2,(H,37,40)(H,38,41). The molecule has 238 valence electrons. The van der Waals surface area contributed by atoms with Gasteiger partial charge in [0.1, 0.15) is 6.04 Å². The van der Waals surface area contributed by atoms with Crippen LogP contribution in [0.25, 0.3) is 0 Å². The van der Waals surface area contributed by atoms with Gasteiger partial charge in [-0.1, -0.05) is 53.5 Å². The van der Waals surface area contributed by atoms with E-state index in [-0.39, 0.29) is 23.1 Å². The molecule has 0 fully saturated rings. The van der Waals surface area contributed by atoms with E-state index in [0.717, 1.165) is 4.90 Å². The van der Waals surface area contributed by atoms with Crippen LogP contribution in [-0.4, -0.2) is 59.7 Å². The summed E-state index contributed by atoms with van der Waals surface area (Å²) in [7, 11) is 0. The van der Waals surface area contributed by atoms with Crippen molar-refractivity contribution < 1.29 is 38.2 Å². The molecule has 11 nitrogen and oxygen atoms in total. The highest BCUT2D eigenvalue weighted by molar-refractivity contribution is 6.31. The van der Waals surface area contributed by atoms with Gasteiger partial charge in [-0.15, -0.1) is 0 Å². The molecule has 47 heavy (non-hydrogen) atoms. The Hall–Kier alpha value is -5.52. The first-order valence-corrected chi connectivity index (χ1v) is 14.8. The van der Waals surface area contributed by atoms with E-state index in [1.165, 1.54) is 18.2 Å². The Labute approximate surface area is 278 Å². The molecule has 1 unspecified atom stereocenters. The molecule has 1 aliphatic heterocycles. The van der Waals surface area contributed by atoms with Crippen LogP contribution in [0.1, 0.15) is 36.6 Å². The maximum atomic E-state index is 13.6. The summed E-state index contributed by atoms with van der Waals surface area (Å²) in [6.07, 6.45) is -0.0957. The molecule has 1 atom stereocenters. The molecule has 2 N–H and O–H groups in total.